The van der Waals surface area contributed by atoms with Gasteiger partial charge in [-0.3, -0.25) is 14.6 Å². The molecule has 0 radical (unpaired) electrons. The van der Waals surface area contributed by atoms with Gasteiger partial charge in [0.25, 0.3) is 0 Å². The molecule has 0 bridgehead atoms. The molecule has 8 rings (SSSR count). The van der Waals surface area contributed by atoms with Crippen LogP contribution in [-0.4, -0.2) is 83.3 Å². The van der Waals surface area contributed by atoms with Crippen LogP contribution in [0.1, 0.15) is 58.6 Å². The van der Waals surface area contributed by atoms with Gasteiger partial charge in [0.15, 0.2) is 0 Å². The summed E-state index contributed by atoms with van der Waals surface area (Å²) in [5, 5.41) is 12.3. The van der Waals surface area contributed by atoms with Crippen molar-refractivity contribution in [2.45, 2.75) is 94.8 Å². The van der Waals surface area contributed by atoms with Crippen LogP contribution in [-0.2, 0) is 15.6 Å². The number of hydrogen-bond acceptors (Lipinski definition) is 6. The van der Waals surface area contributed by atoms with E-state index in [0.29, 0.717) is 30.0 Å². The van der Waals surface area contributed by atoms with Crippen LogP contribution in [0, 0.1) is 11.8 Å². The van der Waals surface area contributed by atoms with Gasteiger partial charge in [0.2, 0.25) is 5.91 Å². The number of piperidine rings is 2. The predicted octanol–water partition coefficient (Wildman–Crippen LogP) is 4.03. The minimum atomic E-state index is -0.114. The fourth-order valence-electron chi connectivity index (χ4n) is 10.2. The van der Waals surface area contributed by atoms with Crippen LogP contribution in [0.2, 0.25) is 0 Å². The third-order valence-corrected chi connectivity index (χ3v) is 12.1. The number of hydrogen-bond donors (Lipinski definition) is 3. The van der Waals surface area contributed by atoms with E-state index in [2.05, 4.69) is 107 Å². The van der Waals surface area contributed by atoms with Gasteiger partial charge in [-0.25, -0.2) is 0 Å². The number of amides is 1. The Bertz CT molecular complexity index is 1380. The number of benzene rings is 2. The highest BCUT2D eigenvalue weighted by molar-refractivity contribution is 5.75. The van der Waals surface area contributed by atoms with Crippen molar-refractivity contribution in [3.05, 3.63) is 59.7 Å². The average Bonchev–Trinajstić information content (AvgIpc) is 3.48. The largest absolute Gasteiger partial charge is 0.369 e. The minimum Gasteiger partial charge on any atom is -0.369 e. The predicted molar refractivity (Wildman–Crippen MR) is 164 cm³/mol. The first-order valence-electron chi connectivity index (χ1n) is 16.0. The number of carbonyl (C=O) groups is 1. The molecule has 2 spiro atoms. The highest BCUT2D eigenvalue weighted by Crippen LogP contribution is 2.68. The quantitative estimate of drug-likeness (QED) is 0.521. The molecule has 6 aliphatic rings. The zero-order valence-electron chi connectivity index (χ0n) is 25.2. The summed E-state index contributed by atoms with van der Waals surface area (Å²) in [4.78, 5) is 20.9. The molecule has 6 heterocycles. The van der Waals surface area contributed by atoms with E-state index in [4.69, 9.17) is 0 Å². The van der Waals surface area contributed by atoms with Crippen LogP contribution in [0.25, 0.3) is 0 Å². The molecule has 0 aliphatic carbocycles. The smallest absolute Gasteiger partial charge is 0.219 e. The zero-order valence-corrected chi connectivity index (χ0v) is 25.2. The maximum absolute atomic E-state index is 13.1. The molecular formula is C34H46N6O. The van der Waals surface area contributed by atoms with Gasteiger partial charge in [-0.2, -0.15) is 0 Å². The van der Waals surface area contributed by atoms with Crippen molar-refractivity contribution in [1.29, 1.82) is 0 Å². The first kappa shape index (κ1) is 26.1. The molecule has 0 saturated carbocycles. The third-order valence-electron chi connectivity index (χ3n) is 12.1. The van der Waals surface area contributed by atoms with Crippen molar-refractivity contribution >= 4 is 17.3 Å². The summed E-state index contributed by atoms with van der Waals surface area (Å²) < 4.78 is 0. The van der Waals surface area contributed by atoms with E-state index in [-0.39, 0.29) is 35.1 Å². The van der Waals surface area contributed by atoms with E-state index in [1.165, 1.54) is 22.5 Å². The Hall–Kier alpha value is -2.61. The van der Waals surface area contributed by atoms with E-state index in [9.17, 15) is 4.79 Å². The lowest BCUT2D eigenvalue weighted by atomic mass is 9.47. The summed E-state index contributed by atoms with van der Waals surface area (Å²) in [6.45, 7) is 14.9. The Morgan fingerprint density at radius 3 is 1.90 bits per heavy atom. The number of anilines is 2. The van der Waals surface area contributed by atoms with Crippen LogP contribution < -0.4 is 16.0 Å². The SMILES string of the molecule is CC(=O)N1C[C@@H]2CC34c5ccccc5N[C@@H]3N3C[C@H](C(C)C)NCC3CC43c4ccccc4N[C@@H]3N2C[C@@H]1C(C)C. The summed E-state index contributed by atoms with van der Waals surface area (Å²) in [5.74, 6) is 1.22. The van der Waals surface area contributed by atoms with E-state index >= 15 is 0 Å². The second-order valence-electron chi connectivity index (χ2n) is 14.5. The van der Waals surface area contributed by atoms with Gasteiger partial charge in [0.05, 0.1) is 12.3 Å². The topological polar surface area (TPSA) is 62.9 Å². The first-order valence-corrected chi connectivity index (χ1v) is 16.0. The molecule has 7 heteroatoms. The van der Waals surface area contributed by atoms with E-state index in [1.807, 2.05) is 0 Å². The van der Waals surface area contributed by atoms with Crippen LogP contribution in [0.5, 0.6) is 0 Å². The molecule has 0 aromatic heterocycles. The Kier molecular flexibility index (Phi) is 5.68. The van der Waals surface area contributed by atoms with E-state index in [1.54, 1.807) is 6.92 Å². The lowest BCUT2D eigenvalue weighted by molar-refractivity contribution is -0.155. The number of para-hydroxylation sites is 2. The van der Waals surface area contributed by atoms with Gasteiger partial charge in [-0.05, 0) is 47.9 Å². The third kappa shape index (κ3) is 3.29. The molecular weight excluding hydrogens is 508 g/mol. The molecule has 4 fully saturated rings. The van der Waals surface area contributed by atoms with Crippen LogP contribution in [0.15, 0.2) is 48.5 Å². The Labute approximate surface area is 245 Å². The molecule has 7 nitrogen and oxygen atoms in total. The number of nitrogens with one attached hydrogen (secondary N) is 3. The lowest BCUT2D eigenvalue weighted by Gasteiger charge is -2.69. The molecule has 218 valence electrons. The number of piperazine rings is 2. The zero-order chi connectivity index (χ0) is 28.3. The van der Waals surface area contributed by atoms with Crippen molar-refractivity contribution < 1.29 is 4.79 Å². The van der Waals surface area contributed by atoms with Crippen LogP contribution in [0.4, 0.5) is 11.4 Å². The number of nitrogens with zero attached hydrogens (tertiary/aromatic N) is 3. The molecule has 8 atom stereocenters. The molecule has 2 aromatic carbocycles. The van der Waals surface area contributed by atoms with Crippen molar-refractivity contribution in [3.8, 4) is 0 Å². The van der Waals surface area contributed by atoms with Crippen LogP contribution >= 0.6 is 0 Å². The van der Waals surface area contributed by atoms with Gasteiger partial charge in [0, 0.05) is 79.5 Å². The lowest BCUT2D eigenvalue weighted by Crippen LogP contribution is -2.82. The summed E-state index contributed by atoms with van der Waals surface area (Å²) in [6, 6.07) is 19.8. The van der Waals surface area contributed by atoms with Crippen molar-refractivity contribution in [1.82, 2.24) is 20.0 Å². The number of fused-ring (bicyclic) bond motifs is 6. The standard InChI is InChI=1S/C34H46N6O/c1-20(2)29-18-39-23(16-35-29)14-33-25-10-6-8-12-27(25)37-32(33)40-19-30(21(3)4)38(22(5)41)17-24(40)15-34(33)26-11-7-9-13-28(26)36-31(34)39/h6-13,20-21,23-24,29-32,35-37H,14-19H2,1-5H3/t23?,24-,29+,30+,31+,32+,33?,34?/m0/s1. The molecule has 41 heavy (non-hydrogen) atoms. The number of rotatable bonds is 2. The second-order valence-corrected chi connectivity index (χ2v) is 14.5. The summed E-state index contributed by atoms with van der Waals surface area (Å²) in [5.41, 5.74) is 5.37. The number of carbonyl (C=O) groups excluding carboxylic acids is 1. The first-order chi connectivity index (χ1) is 19.8. The van der Waals surface area contributed by atoms with Gasteiger partial charge in [-0.15, -0.1) is 0 Å². The molecule has 3 unspecified atom stereocenters. The van der Waals surface area contributed by atoms with Gasteiger partial charge in [0.1, 0.15) is 0 Å². The minimum absolute atomic E-state index is 0.0855. The molecule has 4 saturated heterocycles. The van der Waals surface area contributed by atoms with Gasteiger partial charge in [-0.1, -0.05) is 64.1 Å². The second kappa shape index (κ2) is 8.95. The molecule has 3 N–H and O–H groups in total. The van der Waals surface area contributed by atoms with E-state index < -0.39 is 0 Å². The maximum Gasteiger partial charge on any atom is 0.219 e. The van der Waals surface area contributed by atoms with Crippen molar-refractivity contribution in [2.24, 2.45) is 11.8 Å². The van der Waals surface area contributed by atoms with Crippen molar-refractivity contribution in [3.63, 3.8) is 0 Å². The normalized spacial score (nSPS) is 39.0. The summed E-state index contributed by atoms with van der Waals surface area (Å²) in [7, 11) is 0. The monoisotopic (exact) mass is 554 g/mol. The van der Waals surface area contributed by atoms with Gasteiger partial charge < -0.3 is 20.9 Å². The summed E-state index contributed by atoms with van der Waals surface area (Å²) in [6.07, 6.45) is 2.58. The molecule has 1 amide bonds. The Balaban J connectivity index is 1.35. The Morgan fingerprint density at radius 1 is 0.780 bits per heavy atom. The highest BCUT2D eigenvalue weighted by atomic mass is 16.2. The average molecular weight is 555 g/mol. The maximum atomic E-state index is 13.1. The fourth-order valence-corrected chi connectivity index (χ4v) is 10.2. The molecule has 2 aromatic rings. The molecule has 6 aliphatic heterocycles. The van der Waals surface area contributed by atoms with E-state index in [0.717, 1.165) is 39.0 Å². The highest BCUT2D eigenvalue weighted by Gasteiger charge is 2.75. The fraction of sp³-hybridized carbons (Fsp3) is 0.618. The van der Waals surface area contributed by atoms with Gasteiger partial charge >= 0.3 is 0 Å². The van der Waals surface area contributed by atoms with Crippen LogP contribution in [0.3, 0.4) is 0 Å². The Morgan fingerprint density at radius 2 is 1.34 bits per heavy atom. The van der Waals surface area contributed by atoms with Crippen molar-refractivity contribution in [2.75, 3.05) is 36.8 Å². The summed E-state index contributed by atoms with van der Waals surface area (Å²) >= 11 is 0.